The lowest BCUT2D eigenvalue weighted by Gasteiger charge is -2.21. The van der Waals surface area contributed by atoms with Gasteiger partial charge in [0.2, 0.25) is 0 Å². The Balaban J connectivity index is 1.95. The van der Waals surface area contributed by atoms with Gasteiger partial charge >= 0.3 is 0 Å². The summed E-state index contributed by atoms with van der Waals surface area (Å²) in [6, 6.07) is 8.37. The minimum atomic E-state index is 0.421. The maximum Gasteiger partial charge on any atom is 0.132 e. The topological polar surface area (TPSA) is 26.3 Å². The summed E-state index contributed by atoms with van der Waals surface area (Å²) < 4.78 is 5.56. The Hall–Kier alpha value is -1.31. The van der Waals surface area contributed by atoms with Crippen LogP contribution in [-0.2, 0) is 4.79 Å². The normalized spacial score (nSPS) is 17.1. The molecule has 92 valence electrons. The van der Waals surface area contributed by atoms with Gasteiger partial charge in [-0.25, -0.2) is 0 Å². The van der Waals surface area contributed by atoms with Crippen molar-refractivity contribution < 1.29 is 9.53 Å². The van der Waals surface area contributed by atoms with Gasteiger partial charge in [-0.15, -0.1) is 0 Å². The highest BCUT2D eigenvalue weighted by atomic mass is 16.5. The van der Waals surface area contributed by atoms with Crippen LogP contribution in [0.5, 0.6) is 5.75 Å². The molecule has 0 atom stereocenters. The lowest BCUT2D eigenvalue weighted by Crippen LogP contribution is -2.12. The first-order chi connectivity index (χ1) is 8.29. The molecule has 0 amide bonds. The molecular formula is C15H20O2. The predicted molar refractivity (Wildman–Crippen MR) is 68.4 cm³/mol. The van der Waals surface area contributed by atoms with Crippen molar-refractivity contribution in [1.29, 1.82) is 0 Å². The summed E-state index contributed by atoms with van der Waals surface area (Å²) in [6.07, 6.45) is 4.55. The molecule has 0 aliphatic heterocycles. The lowest BCUT2D eigenvalue weighted by molar-refractivity contribution is -0.120. The number of hydrogen-bond acceptors (Lipinski definition) is 2. The average molecular weight is 232 g/mol. The Morgan fingerprint density at radius 2 is 1.82 bits per heavy atom. The molecule has 0 heterocycles. The molecule has 1 fully saturated rings. The summed E-state index contributed by atoms with van der Waals surface area (Å²) in [5.41, 5.74) is 1.35. The van der Waals surface area contributed by atoms with E-state index < -0.39 is 0 Å². The highest BCUT2D eigenvalue weighted by Crippen LogP contribution is 2.31. The van der Waals surface area contributed by atoms with Gasteiger partial charge in [0, 0.05) is 12.8 Å². The number of benzene rings is 1. The van der Waals surface area contributed by atoms with Crippen LogP contribution in [0.1, 0.15) is 50.5 Å². The summed E-state index contributed by atoms with van der Waals surface area (Å²) in [4.78, 5) is 11.2. The van der Waals surface area contributed by atoms with Crippen LogP contribution in [0.4, 0.5) is 0 Å². The molecule has 0 spiro atoms. The highest BCUT2D eigenvalue weighted by molar-refractivity contribution is 5.79. The van der Waals surface area contributed by atoms with Crippen molar-refractivity contribution in [3.8, 4) is 5.75 Å². The van der Waals surface area contributed by atoms with Crippen LogP contribution in [0.3, 0.4) is 0 Å². The van der Waals surface area contributed by atoms with E-state index in [1.165, 1.54) is 5.56 Å². The first kappa shape index (κ1) is 12.2. The minimum absolute atomic E-state index is 0.421. The number of rotatable bonds is 4. The van der Waals surface area contributed by atoms with Crippen molar-refractivity contribution in [3.05, 3.63) is 29.8 Å². The second-order valence-corrected chi connectivity index (χ2v) is 4.73. The number of hydrogen-bond donors (Lipinski definition) is 0. The van der Waals surface area contributed by atoms with Crippen molar-refractivity contribution in [2.45, 2.75) is 44.9 Å². The Bertz CT molecular complexity index is 357. The molecule has 2 heteroatoms. The van der Waals surface area contributed by atoms with E-state index in [9.17, 15) is 4.79 Å². The van der Waals surface area contributed by atoms with E-state index in [4.69, 9.17) is 4.74 Å². The van der Waals surface area contributed by atoms with Crippen molar-refractivity contribution in [1.82, 2.24) is 0 Å². The molecule has 0 N–H and O–H groups in total. The first-order valence-corrected chi connectivity index (χ1v) is 6.54. The van der Waals surface area contributed by atoms with Gasteiger partial charge in [0.1, 0.15) is 11.5 Å². The van der Waals surface area contributed by atoms with E-state index in [0.717, 1.165) is 44.5 Å². The SMILES string of the molecule is CCCOc1ccc(C2CCC(=O)CC2)cc1. The standard InChI is InChI=1S/C15H20O2/c1-2-11-17-15-9-5-13(6-10-15)12-3-7-14(16)8-4-12/h5-6,9-10,12H,2-4,7-8,11H2,1H3. The Morgan fingerprint density at radius 3 is 2.41 bits per heavy atom. The summed E-state index contributed by atoms with van der Waals surface area (Å²) in [7, 11) is 0. The number of carbonyl (C=O) groups excluding carboxylic acids is 1. The fourth-order valence-electron chi connectivity index (χ4n) is 2.33. The van der Waals surface area contributed by atoms with Crippen LogP contribution in [-0.4, -0.2) is 12.4 Å². The van der Waals surface area contributed by atoms with Crippen LogP contribution >= 0.6 is 0 Å². The minimum Gasteiger partial charge on any atom is -0.494 e. The Kier molecular flexibility index (Phi) is 4.18. The van der Waals surface area contributed by atoms with Gasteiger partial charge in [-0.3, -0.25) is 4.79 Å². The van der Waals surface area contributed by atoms with E-state index in [1.807, 2.05) is 12.1 Å². The van der Waals surface area contributed by atoms with Crippen LogP contribution in [0.25, 0.3) is 0 Å². The van der Waals surface area contributed by atoms with E-state index in [2.05, 4.69) is 19.1 Å². The zero-order valence-corrected chi connectivity index (χ0v) is 10.4. The number of ketones is 1. The molecule has 0 radical (unpaired) electrons. The summed E-state index contributed by atoms with van der Waals surface area (Å²) in [5, 5.41) is 0. The van der Waals surface area contributed by atoms with E-state index in [-0.39, 0.29) is 0 Å². The fraction of sp³-hybridized carbons (Fsp3) is 0.533. The highest BCUT2D eigenvalue weighted by Gasteiger charge is 2.19. The number of Topliss-reactive ketones (excluding diaryl/α,β-unsaturated/α-hetero) is 1. The molecule has 2 nitrogen and oxygen atoms in total. The van der Waals surface area contributed by atoms with Crippen molar-refractivity contribution >= 4 is 5.78 Å². The third-order valence-electron chi connectivity index (χ3n) is 3.37. The van der Waals surface area contributed by atoms with Gasteiger partial charge < -0.3 is 4.74 Å². The van der Waals surface area contributed by atoms with Gasteiger partial charge in [-0.1, -0.05) is 19.1 Å². The van der Waals surface area contributed by atoms with Crippen LogP contribution in [0.2, 0.25) is 0 Å². The zero-order valence-electron chi connectivity index (χ0n) is 10.4. The zero-order chi connectivity index (χ0) is 12.1. The first-order valence-electron chi connectivity index (χ1n) is 6.54. The molecule has 0 aromatic heterocycles. The lowest BCUT2D eigenvalue weighted by atomic mass is 9.83. The molecule has 1 aliphatic carbocycles. The molecule has 2 rings (SSSR count). The molecule has 0 unspecified atom stereocenters. The largest absolute Gasteiger partial charge is 0.494 e. The van der Waals surface area contributed by atoms with E-state index >= 15 is 0 Å². The van der Waals surface area contributed by atoms with Crippen LogP contribution < -0.4 is 4.74 Å². The summed E-state index contributed by atoms with van der Waals surface area (Å²) >= 11 is 0. The Labute approximate surface area is 103 Å². The van der Waals surface area contributed by atoms with Crippen molar-refractivity contribution in [2.24, 2.45) is 0 Å². The average Bonchev–Trinajstić information content (AvgIpc) is 2.38. The van der Waals surface area contributed by atoms with Gasteiger partial charge in [-0.05, 0) is 42.9 Å². The molecule has 1 aromatic carbocycles. The van der Waals surface area contributed by atoms with Crippen molar-refractivity contribution in [3.63, 3.8) is 0 Å². The monoisotopic (exact) mass is 232 g/mol. The maximum absolute atomic E-state index is 11.2. The quantitative estimate of drug-likeness (QED) is 0.791. The second-order valence-electron chi connectivity index (χ2n) is 4.73. The predicted octanol–water partition coefficient (Wildman–Crippen LogP) is 3.70. The molecule has 0 bridgehead atoms. The van der Waals surface area contributed by atoms with Gasteiger partial charge in [0.15, 0.2) is 0 Å². The molecule has 1 aromatic rings. The third-order valence-corrected chi connectivity index (χ3v) is 3.37. The van der Waals surface area contributed by atoms with Crippen molar-refractivity contribution in [2.75, 3.05) is 6.61 Å². The van der Waals surface area contributed by atoms with Crippen LogP contribution in [0.15, 0.2) is 24.3 Å². The summed E-state index contributed by atoms with van der Waals surface area (Å²) in [6.45, 7) is 2.88. The van der Waals surface area contributed by atoms with Gasteiger partial charge in [-0.2, -0.15) is 0 Å². The summed E-state index contributed by atoms with van der Waals surface area (Å²) in [5.74, 6) is 1.93. The van der Waals surface area contributed by atoms with E-state index in [1.54, 1.807) is 0 Å². The van der Waals surface area contributed by atoms with Gasteiger partial charge in [0.25, 0.3) is 0 Å². The molecule has 17 heavy (non-hydrogen) atoms. The second kappa shape index (κ2) is 5.85. The molecule has 0 saturated heterocycles. The maximum atomic E-state index is 11.2. The molecular weight excluding hydrogens is 212 g/mol. The van der Waals surface area contributed by atoms with Crippen LogP contribution in [0, 0.1) is 0 Å². The number of ether oxygens (including phenoxy) is 1. The van der Waals surface area contributed by atoms with Gasteiger partial charge in [0.05, 0.1) is 6.61 Å². The third kappa shape index (κ3) is 3.32. The van der Waals surface area contributed by atoms with E-state index in [0.29, 0.717) is 11.7 Å². The molecule has 1 saturated carbocycles. The Morgan fingerprint density at radius 1 is 1.18 bits per heavy atom. The number of carbonyl (C=O) groups is 1. The smallest absolute Gasteiger partial charge is 0.132 e. The molecule has 1 aliphatic rings. The fourth-order valence-corrected chi connectivity index (χ4v) is 2.33.